The van der Waals surface area contributed by atoms with E-state index in [-0.39, 0.29) is 0 Å². The predicted octanol–water partition coefficient (Wildman–Crippen LogP) is 3.04. The monoisotopic (exact) mass is 259 g/mol. The molecule has 1 heterocycles. The fourth-order valence-electron chi connectivity index (χ4n) is 2.05. The molecular formula is C14H21N5. The van der Waals surface area contributed by atoms with Crippen LogP contribution in [0, 0.1) is 0 Å². The molecule has 0 saturated carbocycles. The Morgan fingerprint density at radius 1 is 1.11 bits per heavy atom. The molecule has 2 aromatic rings. The van der Waals surface area contributed by atoms with Crippen LogP contribution in [0.25, 0.3) is 5.69 Å². The van der Waals surface area contributed by atoms with Gasteiger partial charge in [0.1, 0.15) is 6.33 Å². The summed E-state index contributed by atoms with van der Waals surface area (Å²) >= 11 is 0. The summed E-state index contributed by atoms with van der Waals surface area (Å²) in [4.78, 5) is 0. The van der Waals surface area contributed by atoms with E-state index >= 15 is 0 Å². The zero-order valence-electron chi connectivity index (χ0n) is 11.4. The van der Waals surface area contributed by atoms with Crippen molar-refractivity contribution < 1.29 is 0 Å². The highest BCUT2D eigenvalue weighted by Gasteiger charge is 2.04. The Hall–Kier alpha value is -1.91. The van der Waals surface area contributed by atoms with Gasteiger partial charge in [-0.05, 0) is 29.0 Å². The highest BCUT2D eigenvalue weighted by Crippen LogP contribution is 2.18. The van der Waals surface area contributed by atoms with Crippen molar-refractivity contribution >= 4 is 5.69 Å². The Morgan fingerprint density at radius 3 is 2.74 bits per heavy atom. The molecule has 0 aliphatic heterocycles. The lowest BCUT2D eigenvalue weighted by molar-refractivity contribution is 0.645. The number of nitrogens with one attached hydrogen (secondary N) is 1. The average Bonchev–Trinajstić information content (AvgIpc) is 2.97. The fourth-order valence-corrected chi connectivity index (χ4v) is 2.05. The topological polar surface area (TPSA) is 55.6 Å². The van der Waals surface area contributed by atoms with E-state index < -0.39 is 0 Å². The van der Waals surface area contributed by atoms with Gasteiger partial charge in [0.25, 0.3) is 0 Å². The number of benzene rings is 1. The van der Waals surface area contributed by atoms with Gasteiger partial charge < -0.3 is 5.32 Å². The molecule has 1 aromatic carbocycles. The third-order valence-electron chi connectivity index (χ3n) is 3.10. The standard InChI is InChI=1S/C14H21N5/c1-2-3-4-5-8-11-15-13-9-6-7-10-14(13)19-12-16-17-18-19/h6-7,9-10,12,15H,2-5,8,11H2,1H3. The molecule has 5 nitrogen and oxygen atoms in total. The molecule has 0 bridgehead atoms. The van der Waals surface area contributed by atoms with Gasteiger partial charge in [0.05, 0.1) is 11.4 Å². The van der Waals surface area contributed by atoms with E-state index in [1.807, 2.05) is 18.2 Å². The lowest BCUT2D eigenvalue weighted by atomic mass is 10.1. The van der Waals surface area contributed by atoms with Crippen molar-refractivity contribution in [2.45, 2.75) is 39.0 Å². The molecule has 5 heteroatoms. The summed E-state index contributed by atoms with van der Waals surface area (Å²) in [5, 5.41) is 14.7. The lowest BCUT2D eigenvalue weighted by Crippen LogP contribution is -2.06. The minimum Gasteiger partial charge on any atom is -0.383 e. The molecule has 0 unspecified atom stereocenters. The van der Waals surface area contributed by atoms with Crippen molar-refractivity contribution in [2.75, 3.05) is 11.9 Å². The van der Waals surface area contributed by atoms with E-state index in [1.165, 1.54) is 32.1 Å². The molecule has 0 atom stereocenters. The number of aromatic nitrogens is 4. The van der Waals surface area contributed by atoms with Crippen molar-refractivity contribution in [1.82, 2.24) is 20.2 Å². The summed E-state index contributed by atoms with van der Waals surface area (Å²) in [5.41, 5.74) is 2.06. The molecule has 0 fully saturated rings. The molecule has 0 spiro atoms. The first kappa shape index (κ1) is 13.5. The lowest BCUT2D eigenvalue weighted by Gasteiger charge is -2.10. The van der Waals surface area contributed by atoms with Gasteiger partial charge in [-0.25, -0.2) is 0 Å². The molecule has 0 saturated heterocycles. The van der Waals surface area contributed by atoms with Crippen LogP contribution in [0.15, 0.2) is 30.6 Å². The number of para-hydroxylation sites is 2. The zero-order chi connectivity index (χ0) is 13.3. The van der Waals surface area contributed by atoms with Crippen LogP contribution in [-0.2, 0) is 0 Å². The Balaban J connectivity index is 1.87. The van der Waals surface area contributed by atoms with Gasteiger partial charge in [-0.15, -0.1) is 5.10 Å². The molecule has 1 N–H and O–H groups in total. The second-order valence-corrected chi connectivity index (χ2v) is 4.61. The van der Waals surface area contributed by atoms with E-state index in [0.29, 0.717) is 0 Å². The zero-order valence-corrected chi connectivity index (χ0v) is 11.4. The summed E-state index contributed by atoms with van der Waals surface area (Å²) in [5.74, 6) is 0. The van der Waals surface area contributed by atoms with Gasteiger partial charge in [0.15, 0.2) is 0 Å². The maximum Gasteiger partial charge on any atom is 0.143 e. The third kappa shape index (κ3) is 4.05. The maximum atomic E-state index is 3.93. The molecule has 19 heavy (non-hydrogen) atoms. The van der Waals surface area contributed by atoms with E-state index in [4.69, 9.17) is 0 Å². The first-order valence-electron chi connectivity index (χ1n) is 6.98. The number of anilines is 1. The van der Waals surface area contributed by atoms with Crippen molar-refractivity contribution in [3.8, 4) is 5.69 Å². The van der Waals surface area contributed by atoms with Gasteiger partial charge in [-0.2, -0.15) is 4.68 Å². The normalized spacial score (nSPS) is 10.6. The van der Waals surface area contributed by atoms with Gasteiger partial charge in [0.2, 0.25) is 0 Å². The van der Waals surface area contributed by atoms with E-state index in [0.717, 1.165) is 17.9 Å². The van der Waals surface area contributed by atoms with Gasteiger partial charge in [-0.3, -0.25) is 0 Å². The molecular weight excluding hydrogens is 238 g/mol. The summed E-state index contributed by atoms with van der Waals surface area (Å²) in [7, 11) is 0. The van der Waals surface area contributed by atoms with E-state index in [1.54, 1.807) is 11.0 Å². The van der Waals surface area contributed by atoms with Crippen LogP contribution >= 0.6 is 0 Å². The van der Waals surface area contributed by atoms with Crippen LogP contribution in [0.2, 0.25) is 0 Å². The largest absolute Gasteiger partial charge is 0.383 e. The van der Waals surface area contributed by atoms with E-state index in [9.17, 15) is 0 Å². The summed E-state index contributed by atoms with van der Waals surface area (Å²) in [6.07, 6.45) is 8.04. The number of tetrazole rings is 1. The van der Waals surface area contributed by atoms with Crippen LogP contribution in [-0.4, -0.2) is 26.8 Å². The molecule has 2 rings (SSSR count). The molecule has 1 aromatic heterocycles. The SMILES string of the molecule is CCCCCCCNc1ccccc1-n1cnnn1. The first-order valence-corrected chi connectivity index (χ1v) is 6.98. The third-order valence-corrected chi connectivity index (χ3v) is 3.10. The smallest absolute Gasteiger partial charge is 0.143 e. The minimum atomic E-state index is 0.987. The van der Waals surface area contributed by atoms with Crippen LogP contribution in [0.4, 0.5) is 5.69 Å². The first-order chi connectivity index (χ1) is 9.42. The van der Waals surface area contributed by atoms with Gasteiger partial charge in [-0.1, -0.05) is 44.7 Å². The second-order valence-electron chi connectivity index (χ2n) is 4.61. The van der Waals surface area contributed by atoms with Crippen LogP contribution < -0.4 is 5.32 Å². The Bertz CT molecular complexity index is 466. The number of unbranched alkanes of at least 4 members (excludes halogenated alkanes) is 4. The summed E-state index contributed by atoms with van der Waals surface area (Å²) < 4.78 is 1.68. The Labute approximate surface area is 114 Å². The Kier molecular flexibility index (Phi) is 5.34. The highest BCUT2D eigenvalue weighted by atomic mass is 15.5. The Morgan fingerprint density at radius 2 is 1.95 bits per heavy atom. The second kappa shape index (κ2) is 7.51. The molecule has 0 amide bonds. The highest BCUT2D eigenvalue weighted by molar-refractivity contribution is 5.60. The van der Waals surface area contributed by atoms with Crippen LogP contribution in [0.5, 0.6) is 0 Å². The molecule has 102 valence electrons. The van der Waals surface area contributed by atoms with Crippen LogP contribution in [0.1, 0.15) is 39.0 Å². The molecule has 0 aliphatic rings. The minimum absolute atomic E-state index is 0.987. The number of hydrogen-bond donors (Lipinski definition) is 1. The van der Waals surface area contributed by atoms with Gasteiger partial charge in [0, 0.05) is 6.54 Å². The molecule has 0 aliphatic carbocycles. The number of rotatable bonds is 8. The summed E-state index contributed by atoms with van der Waals surface area (Å²) in [6.45, 7) is 3.23. The van der Waals surface area contributed by atoms with Crippen molar-refractivity contribution in [3.05, 3.63) is 30.6 Å². The fraction of sp³-hybridized carbons (Fsp3) is 0.500. The quantitative estimate of drug-likeness (QED) is 0.740. The number of nitrogens with zero attached hydrogens (tertiary/aromatic N) is 4. The number of hydrogen-bond acceptors (Lipinski definition) is 4. The average molecular weight is 259 g/mol. The van der Waals surface area contributed by atoms with Crippen molar-refractivity contribution in [2.24, 2.45) is 0 Å². The van der Waals surface area contributed by atoms with E-state index in [2.05, 4.69) is 33.8 Å². The molecule has 0 radical (unpaired) electrons. The van der Waals surface area contributed by atoms with Crippen molar-refractivity contribution in [1.29, 1.82) is 0 Å². The maximum absolute atomic E-state index is 3.93. The van der Waals surface area contributed by atoms with Crippen LogP contribution in [0.3, 0.4) is 0 Å². The summed E-state index contributed by atoms with van der Waals surface area (Å²) in [6, 6.07) is 8.08. The van der Waals surface area contributed by atoms with Crippen molar-refractivity contribution in [3.63, 3.8) is 0 Å². The van der Waals surface area contributed by atoms with Gasteiger partial charge >= 0.3 is 0 Å². The predicted molar refractivity (Wildman–Crippen MR) is 76.4 cm³/mol.